The highest BCUT2D eigenvalue weighted by molar-refractivity contribution is 5.97. The minimum Gasteiger partial charge on any atom is -0.493 e. The summed E-state index contributed by atoms with van der Waals surface area (Å²) >= 11 is 0. The van der Waals surface area contributed by atoms with Gasteiger partial charge in [-0.15, -0.1) is 0 Å². The molecule has 0 atom stereocenters. The van der Waals surface area contributed by atoms with Crippen LogP contribution in [0.2, 0.25) is 0 Å². The van der Waals surface area contributed by atoms with Gasteiger partial charge < -0.3 is 14.8 Å². The van der Waals surface area contributed by atoms with Crippen LogP contribution in [-0.2, 0) is 4.79 Å². The van der Waals surface area contributed by atoms with Gasteiger partial charge in [0.25, 0.3) is 0 Å². The van der Waals surface area contributed by atoms with Crippen molar-refractivity contribution in [1.29, 1.82) is 5.26 Å². The number of carbonyl (C=O) groups is 2. The summed E-state index contributed by atoms with van der Waals surface area (Å²) < 4.78 is 10.8. The first-order valence-corrected chi connectivity index (χ1v) is 8.15. The van der Waals surface area contributed by atoms with Crippen molar-refractivity contribution in [2.45, 2.75) is 19.8 Å². The second-order valence-corrected chi connectivity index (χ2v) is 5.61. The van der Waals surface area contributed by atoms with Crippen molar-refractivity contribution < 1.29 is 19.1 Å². The van der Waals surface area contributed by atoms with E-state index in [2.05, 4.69) is 5.32 Å². The molecule has 0 saturated carbocycles. The number of methoxy groups -OCH3 is 1. The summed E-state index contributed by atoms with van der Waals surface area (Å²) in [6, 6.07) is 13.8. The second-order valence-electron chi connectivity index (χ2n) is 5.61. The van der Waals surface area contributed by atoms with Crippen molar-refractivity contribution in [3.63, 3.8) is 0 Å². The summed E-state index contributed by atoms with van der Waals surface area (Å²) in [5, 5.41) is 11.6. The molecule has 0 aliphatic heterocycles. The second kappa shape index (κ2) is 9.23. The van der Waals surface area contributed by atoms with E-state index in [1.54, 1.807) is 42.5 Å². The van der Waals surface area contributed by atoms with Crippen LogP contribution < -0.4 is 14.8 Å². The van der Waals surface area contributed by atoms with Crippen LogP contribution in [0.3, 0.4) is 0 Å². The van der Waals surface area contributed by atoms with Crippen molar-refractivity contribution in [1.82, 2.24) is 0 Å². The highest BCUT2D eigenvalue weighted by atomic mass is 16.5. The van der Waals surface area contributed by atoms with Crippen LogP contribution >= 0.6 is 0 Å². The molecule has 0 unspecified atom stereocenters. The molecule has 0 spiro atoms. The van der Waals surface area contributed by atoms with Gasteiger partial charge in [-0.1, -0.05) is 12.1 Å². The zero-order valence-electron chi connectivity index (χ0n) is 14.7. The number of rotatable bonds is 8. The Bertz CT molecular complexity index is 840. The molecule has 0 fully saturated rings. The molecule has 2 rings (SSSR count). The third-order valence-electron chi connectivity index (χ3n) is 3.65. The molecule has 6 heteroatoms. The number of amides is 1. The van der Waals surface area contributed by atoms with Gasteiger partial charge in [0.05, 0.1) is 25.3 Å². The topological polar surface area (TPSA) is 88.4 Å². The highest BCUT2D eigenvalue weighted by Crippen LogP contribution is 2.28. The molecule has 134 valence electrons. The molecular formula is C20H20N2O4. The number of Topliss-reactive ketones (excluding diaryl/α,β-unsaturated/α-hetero) is 1. The van der Waals surface area contributed by atoms with Gasteiger partial charge in [-0.2, -0.15) is 5.26 Å². The van der Waals surface area contributed by atoms with E-state index in [4.69, 9.17) is 14.7 Å². The van der Waals surface area contributed by atoms with Crippen molar-refractivity contribution >= 4 is 17.4 Å². The van der Waals surface area contributed by atoms with E-state index in [9.17, 15) is 9.59 Å². The number of hydrogen-bond donors (Lipinski definition) is 1. The number of nitriles is 1. The highest BCUT2D eigenvalue weighted by Gasteiger charge is 2.08. The van der Waals surface area contributed by atoms with E-state index >= 15 is 0 Å². The third-order valence-corrected chi connectivity index (χ3v) is 3.65. The van der Waals surface area contributed by atoms with Crippen LogP contribution in [0.1, 0.15) is 35.7 Å². The molecule has 0 heterocycles. The van der Waals surface area contributed by atoms with Crippen LogP contribution in [0.4, 0.5) is 5.69 Å². The summed E-state index contributed by atoms with van der Waals surface area (Å²) in [5.74, 6) is 0.808. The van der Waals surface area contributed by atoms with Crippen molar-refractivity contribution in [3.8, 4) is 17.6 Å². The fourth-order valence-electron chi connectivity index (χ4n) is 2.31. The Hall–Kier alpha value is -3.33. The van der Waals surface area contributed by atoms with Crippen LogP contribution in [0, 0.1) is 11.3 Å². The SMILES string of the molecule is COc1cc(C#N)ccc1OCCCC(=O)Nc1cccc(C(C)=O)c1. The summed E-state index contributed by atoms with van der Waals surface area (Å²) in [4.78, 5) is 23.4. The number of benzene rings is 2. The third kappa shape index (κ3) is 5.35. The first kappa shape index (κ1) is 19.0. The molecule has 6 nitrogen and oxygen atoms in total. The van der Waals surface area contributed by atoms with Crippen LogP contribution in [-0.4, -0.2) is 25.4 Å². The molecule has 0 aliphatic rings. The smallest absolute Gasteiger partial charge is 0.224 e. The molecule has 0 aliphatic carbocycles. The predicted molar refractivity (Wildman–Crippen MR) is 97.5 cm³/mol. The summed E-state index contributed by atoms with van der Waals surface area (Å²) in [7, 11) is 1.51. The zero-order valence-corrected chi connectivity index (χ0v) is 14.7. The Kier molecular flexibility index (Phi) is 6.75. The minimum atomic E-state index is -0.152. The maximum absolute atomic E-state index is 12.0. The molecule has 0 radical (unpaired) electrons. The van der Waals surface area contributed by atoms with E-state index in [0.29, 0.717) is 41.3 Å². The molecule has 0 aromatic heterocycles. The zero-order chi connectivity index (χ0) is 18.9. The van der Waals surface area contributed by atoms with Gasteiger partial charge >= 0.3 is 0 Å². The van der Waals surface area contributed by atoms with Crippen molar-refractivity contribution in [2.24, 2.45) is 0 Å². The van der Waals surface area contributed by atoms with Gasteiger partial charge in [-0.3, -0.25) is 9.59 Å². The molecule has 2 aromatic carbocycles. The lowest BCUT2D eigenvalue weighted by molar-refractivity contribution is -0.116. The van der Waals surface area contributed by atoms with Gasteiger partial charge in [-0.25, -0.2) is 0 Å². The van der Waals surface area contributed by atoms with E-state index in [0.717, 1.165) is 0 Å². The fraction of sp³-hybridized carbons (Fsp3) is 0.250. The standard InChI is InChI=1S/C20H20N2O4/c1-14(23)16-5-3-6-17(12-16)22-20(24)7-4-10-26-18-9-8-15(13-21)11-19(18)25-2/h3,5-6,8-9,11-12H,4,7,10H2,1-2H3,(H,22,24). The Morgan fingerprint density at radius 1 is 1.15 bits per heavy atom. The summed E-state index contributed by atoms with van der Waals surface area (Å²) in [6.45, 7) is 1.82. The normalized spacial score (nSPS) is 9.88. The van der Waals surface area contributed by atoms with Crippen LogP contribution in [0.25, 0.3) is 0 Å². The van der Waals surface area contributed by atoms with Crippen LogP contribution in [0.5, 0.6) is 11.5 Å². The Morgan fingerprint density at radius 3 is 2.65 bits per heavy atom. The number of carbonyl (C=O) groups excluding carboxylic acids is 2. The summed E-state index contributed by atoms with van der Waals surface area (Å²) in [6.07, 6.45) is 0.796. The minimum absolute atomic E-state index is 0.0501. The maximum Gasteiger partial charge on any atom is 0.224 e. The van der Waals surface area contributed by atoms with E-state index in [-0.39, 0.29) is 18.1 Å². The maximum atomic E-state index is 12.0. The van der Waals surface area contributed by atoms with Gasteiger partial charge in [0, 0.05) is 23.7 Å². The first-order valence-electron chi connectivity index (χ1n) is 8.15. The number of ether oxygens (including phenoxy) is 2. The number of anilines is 1. The number of hydrogen-bond acceptors (Lipinski definition) is 5. The van der Waals surface area contributed by atoms with Crippen molar-refractivity contribution in [3.05, 3.63) is 53.6 Å². The Balaban J connectivity index is 1.81. The summed E-state index contributed by atoms with van der Waals surface area (Å²) in [5.41, 5.74) is 1.64. The lowest BCUT2D eigenvalue weighted by Crippen LogP contribution is -2.13. The lowest BCUT2D eigenvalue weighted by atomic mass is 10.1. The largest absolute Gasteiger partial charge is 0.493 e. The molecule has 1 N–H and O–H groups in total. The van der Waals surface area contributed by atoms with Gasteiger partial charge in [0.15, 0.2) is 17.3 Å². The quantitative estimate of drug-likeness (QED) is 0.579. The molecular weight excluding hydrogens is 332 g/mol. The molecule has 2 aromatic rings. The molecule has 0 bridgehead atoms. The van der Waals surface area contributed by atoms with Gasteiger partial charge in [-0.05, 0) is 37.6 Å². The van der Waals surface area contributed by atoms with Gasteiger partial charge in [0.1, 0.15) is 0 Å². The molecule has 26 heavy (non-hydrogen) atoms. The molecule has 1 amide bonds. The monoisotopic (exact) mass is 352 g/mol. The number of nitrogens with zero attached hydrogens (tertiary/aromatic N) is 1. The lowest BCUT2D eigenvalue weighted by Gasteiger charge is -2.11. The average Bonchev–Trinajstić information content (AvgIpc) is 2.65. The number of ketones is 1. The van der Waals surface area contributed by atoms with Gasteiger partial charge in [0.2, 0.25) is 5.91 Å². The van der Waals surface area contributed by atoms with Crippen molar-refractivity contribution in [2.75, 3.05) is 19.0 Å². The Morgan fingerprint density at radius 2 is 1.96 bits per heavy atom. The first-order chi connectivity index (χ1) is 12.5. The van der Waals surface area contributed by atoms with E-state index in [1.807, 2.05) is 6.07 Å². The van der Waals surface area contributed by atoms with E-state index in [1.165, 1.54) is 14.0 Å². The predicted octanol–water partition coefficient (Wildman–Crippen LogP) is 3.57. The average molecular weight is 352 g/mol. The van der Waals surface area contributed by atoms with Crippen LogP contribution in [0.15, 0.2) is 42.5 Å². The van der Waals surface area contributed by atoms with E-state index < -0.39 is 0 Å². The Labute approximate surface area is 152 Å². The molecule has 0 saturated heterocycles. The number of nitrogens with one attached hydrogen (secondary N) is 1. The fourth-order valence-corrected chi connectivity index (χ4v) is 2.31.